The zero-order valence-corrected chi connectivity index (χ0v) is 13.5. The van der Waals surface area contributed by atoms with Gasteiger partial charge in [0.15, 0.2) is 0 Å². The summed E-state index contributed by atoms with van der Waals surface area (Å²) in [5, 5.41) is 6.83. The Morgan fingerprint density at radius 3 is 2.24 bits per heavy atom. The van der Waals surface area contributed by atoms with Crippen LogP contribution in [-0.2, 0) is 9.84 Å². The number of benzene rings is 1. The normalized spacial score (nSPS) is 10.7. The number of rotatable bonds is 5. The van der Waals surface area contributed by atoms with Gasteiger partial charge < -0.3 is 9.15 Å². The van der Waals surface area contributed by atoms with Crippen LogP contribution in [0.4, 0.5) is 0 Å². The van der Waals surface area contributed by atoms with E-state index in [0.717, 1.165) is 18.4 Å². The summed E-state index contributed by atoms with van der Waals surface area (Å²) in [6, 6.07) is 7.03. The van der Waals surface area contributed by atoms with Gasteiger partial charge in [0.2, 0.25) is 15.7 Å². The second kappa shape index (κ2) is 7.78. The summed E-state index contributed by atoms with van der Waals surface area (Å²) in [6.07, 6.45) is 1.95. The molecule has 1 aromatic carbocycles. The Labute approximate surface area is 125 Å². The fourth-order valence-corrected chi connectivity index (χ4v) is 1.81. The molecule has 0 unspecified atom stereocenters. The largest absolute Gasteiger partial charge is 0.494 e. The van der Waals surface area contributed by atoms with Gasteiger partial charge in [-0.3, -0.25) is 0 Å². The first-order valence-electron chi connectivity index (χ1n) is 6.77. The van der Waals surface area contributed by atoms with Crippen molar-refractivity contribution in [2.45, 2.75) is 32.4 Å². The third-order valence-corrected chi connectivity index (χ3v) is 3.10. The summed E-state index contributed by atoms with van der Waals surface area (Å²) in [7, 11) is -3.48. The molecular formula is C14H20N2O4S. The maximum atomic E-state index is 11.2. The van der Waals surface area contributed by atoms with E-state index in [1.165, 1.54) is 0 Å². The number of hydrogen-bond acceptors (Lipinski definition) is 6. The lowest BCUT2D eigenvalue weighted by Crippen LogP contribution is -1.96. The first-order chi connectivity index (χ1) is 10.0. The first-order valence-corrected chi connectivity index (χ1v) is 8.66. The minimum absolute atomic E-state index is 0.169. The van der Waals surface area contributed by atoms with Crippen LogP contribution in [0.5, 0.6) is 5.75 Å². The van der Waals surface area contributed by atoms with Crippen molar-refractivity contribution in [3.8, 4) is 17.2 Å². The highest BCUT2D eigenvalue weighted by Crippen LogP contribution is 2.22. The number of sulfone groups is 1. The molecule has 0 N–H and O–H groups in total. The second-order valence-electron chi connectivity index (χ2n) is 4.02. The van der Waals surface area contributed by atoms with Gasteiger partial charge in [-0.15, -0.1) is 5.10 Å². The Balaban J connectivity index is 0.00000106. The Morgan fingerprint density at radius 2 is 1.76 bits per heavy atom. The van der Waals surface area contributed by atoms with Crippen molar-refractivity contribution in [1.82, 2.24) is 10.2 Å². The zero-order chi connectivity index (χ0) is 15.9. The standard InChI is InChI=1S/C12H14N2O4S.C2H6/c1-3-8-17-10-6-4-9(5-7-10)11-13-14-12(18-11)19(2,15)16;1-2/h4-7H,3,8H2,1-2H3;1-2H3. The fourth-order valence-electron chi connectivity index (χ4n) is 1.39. The lowest BCUT2D eigenvalue weighted by atomic mass is 10.2. The van der Waals surface area contributed by atoms with E-state index in [2.05, 4.69) is 10.2 Å². The van der Waals surface area contributed by atoms with Gasteiger partial charge in [0, 0.05) is 11.8 Å². The summed E-state index contributed by atoms with van der Waals surface area (Å²) < 4.78 is 33.0. The zero-order valence-electron chi connectivity index (χ0n) is 12.7. The Morgan fingerprint density at radius 1 is 1.14 bits per heavy atom. The molecule has 0 saturated heterocycles. The minimum atomic E-state index is -3.48. The Hall–Kier alpha value is -1.89. The molecule has 0 fully saturated rings. The molecule has 1 aromatic heterocycles. The molecule has 0 radical (unpaired) electrons. The van der Waals surface area contributed by atoms with Crippen LogP contribution >= 0.6 is 0 Å². The minimum Gasteiger partial charge on any atom is -0.494 e. The molecule has 1 heterocycles. The maximum Gasteiger partial charge on any atom is 0.335 e. The number of hydrogen-bond donors (Lipinski definition) is 0. The van der Waals surface area contributed by atoms with Gasteiger partial charge in [0.25, 0.3) is 0 Å². The summed E-state index contributed by atoms with van der Waals surface area (Å²) in [6.45, 7) is 6.68. The second-order valence-corrected chi connectivity index (χ2v) is 5.91. The lowest BCUT2D eigenvalue weighted by molar-refractivity contribution is 0.317. The molecular weight excluding hydrogens is 292 g/mol. The number of aromatic nitrogens is 2. The van der Waals surface area contributed by atoms with Gasteiger partial charge >= 0.3 is 5.22 Å². The van der Waals surface area contributed by atoms with Gasteiger partial charge in [-0.1, -0.05) is 25.9 Å². The van der Waals surface area contributed by atoms with E-state index < -0.39 is 9.84 Å². The van der Waals surface area contributed by atoms with E-state index >= 15 is 0 Å². The summed E-state index contributed by atoms with van der Waals surface area (Å²) in [4.78, 5) is 0. The maximum absolute atomic E-state index is 11.2. The molecule has 0 bridgehead atoms. The molecule has 0 aliphatic carbocycles. The highest BCUT2D eigenvalue weighted by atomic mass is 32.2. The smallest absolute Gasteiger partial charge is 0.335 e. The monoisotopic (exact) mass is 312 g/mol. The van der Waals surface area contributed by atoms with Gasteiger partial charge in [0.1, 0.15) is 5.75 Å². The predicted octanol–water partition coefficient (Wildman–Crippen LogP) is 2.96. The van der Waals surface area contributed by atoms with Gasteiger partial charge in [-0.05, 0) is 30.7 Å². The van der Waals surface area contributed by atoms with Crippen molar-refractivity contribution in [1.29, 1.82) is 0 Å². The van der Waals surface area contributed by atoms with Crippen molar-refractivity contribution in [3.05, 3.63) is 24.3 Å². The highest BCUT2D eigenvalue weighted by Gasteiger charge is 2.17. The van der Waals surface area contributed by atoms with E-state index in [4.69, 9.17) is 9.15 Å². The van der Waals surface area contributed by atoms with E-state index in [-0.39, 0.29) is 11.1 Å². The molecule has 2 aromatic rings. The van der Waals surface area contributed by atoms with Crippen LogP contribution in [0.1, 0.15) is 27.2 Å². The van der Waals surface area contributed by atoms with Crippen LogP contribution in [0, 0.1) is 0 Å². The average molecular weight is 312 g/mol. The topological polar surface area (TPSA) is 82.3 Å². The third-order valence-electron chi connectivity index (χ3n) is 2.30. The molecule has 0 aliphatic rings. The van der Waals surface area contributed by atoms with Crippen LogP contribution < -0.4 is 4.74 Å². The Kier molecular flexibility index (Phi) is 6.36. The lowest BCUT2D eigenvalue weighted by Gasteiger charge is -2.03. The number of ether oxygens (including phenoxy) is 1. The summed E-state index contributed by atoms with van der Waals surface area (Å²) in [5.41, 5.74) is 0.645. The molecule has 0 aliphatic heterocycles. The fraction of sp³-hybridized carbons (Fsp3) is 0.429. The molecule has 0 amide bonds. The SMILES string of the molecule is CC.CCCOc1ccc(-c2nnc(S(C)(=O)=O)o2)cc1. The quantitative estimate of drug-likeness (QED) is 0.844. The van der Waals surface area contributed by atoms with Crippen LogP contribution in [0.15, 0.2) is 33.9 Å². The molecule has 2 rings (SSSR count). The average Bonchev–Trinajstić information content (AvgIpc) is 2.98. The van der Waals surface area contributed by atoms with Gasteiger partial charge in [-0.25, -0.2) is 8.42 Å². The molecule has 21 heavy (non-hydrogen) atoms. The highest BCUT2D eigenvalue weighted by molar-refractivity contribution is 7.90. The summed E-state index contributed by atoms with van der Waals surface area (Å²) in [5.74, 6) is 0.913. The van der Waals surface area contributed by atoms with Crippen LogP contribution in [0.25, 0.3) is 11.5 Å². The predicted molar refractivity (Wildman–Crippen MR) is 80.0 cm³/mol. The van der Waals surface area contributed by atoms with Crippen molar-refractivity contribution in [2.24, 2.45) is 0 Å². The van der Waals surface area contributed by atoms with Crippen molar-refractivity contribution in [3.63, 3.8) is 0 Å². The molecule has 7 heteroatoms. The molecule has 0 saturated carbocycles. The van der Waals surface area contributed by atoms with E-state index in [1.807, 2.05) is 20.8 Å². The van der Waals surface area contributed by atoms with Crippen molar-refractivity contribution < 1.29 is 17.6 Å². The van der Waals surface area contributed by atoms with Crippen molar-refractivity contribution >= 4 is 9.84 Å². The van der Waals surface area contributed by atoms with E-state index in [0.29, 0.717) is 12.2 Å². The molecule has 116 valence electrons. The van der Waals surface area contributed by atoms with Crippen molar-refractivity contribution in [2.75, 3.05) is 12.9 Å². The Bertz CT molecular complexity index is 648. The van der Waals surface area contributed by atoms with Gasteiger partial charge in [0.05, 0.1) is 6.61 Å². The third kappa shape index (κ3) is 4.86. The molecule has 0 atom stereocenters. The van der Waals surface area contributed by atoms with E-state index in [1.54, 1.807) is 24.3 Å². The van der Waals surface area contributed by atoms with Crippen LogP contribution in [0.3, 0.4) is 0 Å². The summed E-state index contributed by atoms with van der Waals surface area (Å²) >= 11 is 0. The van der Waals surface area contributed by atoms with Gasteiger partial charge in [-0.2, -0.15) is 0 Å². The van der Waals surface area contributed by atoms with E-state index in [9.17, 15) is 8.42 Å². The molecule has 0 spiro atoms. The van der Waals surface area contributed by atoms with Crippen LogP contribution in [-0.4, -0.2) is 31.5 Å². The van der Waals surface area contributed by atoms with Crippen LogP contribution in [0.2, 0.25) is 0 Å². The first kappa shape index (κ1) is 17.2. The number of nitrogens with zero attached hydrogens (tertiary/aromatic N) is 2. The molecule has 6 nitrogen and oxygen atoms in total.